The number of hydrogen-bond acceptors (Lipinski definition) is 0. The first kappa shape index (κ1) is 6.06. The third kappa shape index (κ3) is 4.06. The number of rotatable bonds is 3. The number of unbranched alkanes of at least 4 members (excludes halogenated alkanes) is 2. The molecule has 0 saturated heterocycles. The Morgan fingerprint density at radius 2 is 2.00 bits per heavy atom. The zero-order chi connectivity index (χ0) is 4.83. The fraction of sp³-hybridized carbons (Fsp3) is 0.800. The van der Waals surface area contributed by atoms with Gasteiger partial charge in [0.1, 0.15) is 0 Å². The summed E-state index contributed by atoms with van der Waals surface area (Å²) in [7, 11) is 5.19. The molecule has 0 aromatic carbocycles. The van der Waals surface area contributed by atoms with E-state index in [-0.39, 0.29) is 0 Å². The molecule has 0 aliphatic rings. The summed E-state index contributed by atoms with van der Waals surface area (Å²) in [6.45, 7) is 3.67. The zero-order valence-electron chi connectivity index (χ0n) is 4.11. The number of hydrogen-bond donors (Lipinski definition) is 0. The van der Waals surface area contributed by atoms with E-state index in [1.165, 1.54) is 6.42 Å². The van der Waals surface area contributed by atoms with Crippen molar-refractivity contribution in [3.63, 3.8) is 0 Å². The van der Waals surface area contributed by atoms with Crippen LogP contribution in [-0.4, -0.2) is 7.85 Å². The summed E-state index contributed by atoms with van der Waals surface area (Å²) >= 11 is 0. The van der Waals surface area contributed by atoms with Gasteiger partial charge in [-0.05, 0) is 0 Å². The molecule has 0 aromatic heterocycles. The minimum absolute atomic E-state index is 0.815. The topological polar surface area (TPSA) is 0 Å². The molecule has 0 heterocycles. The molecule has 0 aromatic rings. The molecule has 0 N–H and O–H groups in total. The third-order valence-corrected chi connectivity index (χ3v) is 0.704. The second-order valence-corrected chi connectivity index (χ2v) is 1.35. The van der Waals surface area contributed by atoms with E-state index in [0.717, 1.165) is 19.2 Å². The Kier molecular flexibility index (Phi) is 5.12. The first-order valence-corrected chi connectivity index (χ1v) is 2.41. The molecule has 0 aliphatic carbocycles. The highest BCUT2D eigenvalue weighted by Gasteiger charge is 1.75. The molecule has 0 unspecified atom stereocenters. The minimum atomic E-state index is 0.815. The van der Waals surface area contributed by atoms with Crippen molar-refractivity contribution in [1.29, 1.82) is 0 Å². The molecule has 0 bridgehead atoms. The van der Waals surface area contributed by atoms with Crippen molar-refractivity contribution in [2.45, 2.75) is 25.6 Å². The van der Waals surface area contributed by atoms with Crippen molar-refractivity contribution in [3.05, 3.63) is 6.92 Å². The van der Waals surface area contributed by atoms with Crippen LogP contribution in [-0.2, 0) is 0 Å². The maximum Gasteiger partial charge on any atom is 0.0653 e. The van der Waals surface area contributed by atoms with Crippen LogP contribution in [0.1, 0.15) is 19.3 Å². The van der Waals surface area contributed by atoms with Crippen molar-refractivity contribution >= 4 is 7.85 Å². The lowest BCUT2D eigenvalue weighted by molar-refractivity contribution is 0.812. The summed E-state index contributed by atoms with van der Waals surface area (Å²) in [6, 6.07) is 0. The average Bonchev–Trinajstić information content (AvgIpc) is 1.61. The minimum Gasteiger partial charge on any atom is -0.0887 e. The van der Waals surface area contributed by atoms with Crippen molar-refractivity contribution < 1.29 is 0 Å². The van der Waals surface area contributed by atoms with Gasteiger partial charge in [0, 0.05) is 0 Å². The highest BCUT2D eigenvalue weighted by Crippen LogP contribution is 1.94. The van der Waals surface area contributed by atoms with Crippen LogP contribution in [0.4, 0.5) is 0 Å². The normalized spacial score (nSPS) is 8.83. The van der Waals surface area contributed by atoms with Gasteiger partial charge < -0.3 is 0 Å². The van der Waals surface area contributed by atoms with E-state index in [1.54, 1.807) is 0 Å². The van der Waals surface area contributed by atoms with Gasteiger partial charge in [0.05, 0.1) is 7.85 Å². The van der Waals surface area contributed by atoms with Crippen LogP contribution >= 0.6 is 0 Å². The Morgan fingerprint density at radius 3 is 2.17 bits per heavy atom. The van der Waals surface area contributed by atoms with Gasteiger partial charge in [-0.15, -0.1) is 0 Å². The van der Waals surface area contributed by atoms with Crippen molar-refractivity contribution in [3.8, 4) is 0 Å². The summed E-state index contributed by atoms with van der Waals surface area (Å²) in [5, 5.41) is 0. The Morgan fingerprint density at radius 1 is 1.33 bits per heavy atom. The van der Waals surface area contributed by atoms with Crippen molar-refractivity contribution in [2.24, 2.45) is 0 Å². The van der Waals surface area contributed by atoms with E-state index in [2.05, 4.69) is 6.92 Å². The Hall–Kier alpha value is 0.0649. The molecule has 6 heavy (non-hydrogen) atoms. The molecular weight excluding hydrogens is 70.9 g/mol. The fourth-order valence-corrected chi connectivity index (χ4v) is 0.321. The van der Waals surface area contributed by atoms with Crippen LogP contribution in [0.2, 0.25) is 6.32 Å². The molecule has 0 nitrogen and oxygen atoms in total. The van der Waals surface area contributed by atoms with Gasteiger partial charge in [0.25, 0.3) is 0 Å². The van der Waals surface area contributed by atoms with E-state index in [1.807, 2.05) is 0 Å². The van der Waals surface area contributed by atoms with Gasteiger partial charge >= 0.3 is 0 Å². The first-order valence-electron chi connectivity index (χ1n) is 2.41. The van der Waals surface area contributed by atoms with E-state index >= 15 is 0 Å². The quantitative estimate of drug-likeness (QED) is 0.357. The summed E-state index contributed by atoms with van der Waals surface area (Å²) in [6.07, 6.45) is 4.15. The van der Waals surface area contributed by atoms with E-state index in [4.69, 9.17) is 7.85 Å². The van der Waals surface area contributed by atoms with Crippen molar-refractivity contribution in [2.75, 3.05) is 0 Å². The van der Waals surface area contributed by atoms with E-state index in [0.29, 0.717) is 0 Å². The summed E-state index contributed by atoms with van der Waals surface area (Å²) in [4.78, 5) is 0. The molecule has 0 amide bonds. The van der Waals surface area contributed by atoms with Crippen LogP contribution in [0.3, 0.4) is 0 Å². The molecular formula is C5H10B. The summed E-state index contributed by atoms with van der Waals surface area (Å²) in [5.41, 5.74) is 0. The standard InChI is InChI=1S/C5H10B/c1-2-3-4-5-6/h1-5H2. The van der Waals surface area contributed by atoms with Gasteiger partial charge in [-0.1, -0.05) is 32.5 Å². The highest BCUT2D eigenvalue weighted by atomic mass is 13.8. The van der Waals surface area contributed by atoms with Crippen LogP contribution < -0.4 is 0 Å². The maximum atomic E-state index is 5.19. The van der Waals surface area contributed by atoms with Gasteiger partial charge in [-0.3, -0.25) is 0 Å². The lowest BCUT2D eigenvalue weighted by Crippen LogP contribution is -1.69. The molecule has 0 saturated carbocycles. The largest absolute Gasteiger partial charge is 0.0887 e. The van der Waals surface area contributed by atoms with Crippen molar-refractivity contribution in [1.82, 2.24) is 0 Å². The molecule has 0 spiro atoms. The van der Waals surface area contributed by atoms with Crippen LogP contribution in [0.15, 0.2) is 0 Å². The maximum absolute atomic E-state index is 5.19. The van der Waals surface area contributed by atoms with Gasteiger partial charge in [-0.25, -0.2) is 0 Å². The zero-order valence-corrected chi connectivity index (χ0v) is 4.11. The predicted molar refractivity (Wildman–Crippen MR) is 29.8 cm³/mol. The molecule has 0 rings (SSSR count). The second-order valence-electron chi connectivity index (χ2n) is 1.35. The Bertz CT molecular complexity index is 15.9. The predicted octanol–water partition coefficient (Wildman–Crippen LogP) is 1.58. The third-order valence-electron chi connectivity index (χ3n) is 0.704. The van der Waals surface area contributed by atoms with Gasteiger partial charge in [0.2, 0.25) is 0 Å². The van der Waals surface area contributed by atoms with Gasteiger partial charge in [-0.2, -0.15) is 0 Å². The lowest BCUT2D eigenvalue weighted by Gasteiger charge is -1.86. The molecule has 0 fully saturated rings. The highest BCUT2D eigenvalue weighted by molar-refractivity contribution is 6.08. The molecule has 1 heteroatoms. The average molecular weight is 80.9 g/mol. The smallest absolute Gasteiger partial charge is 0.0653 e. The van der Waals surface area contributed by atoms with Crippen LogP contribution in [0.5, 0.6) is 0 Å². The molecule has 0 atom stereocenters. The molecule has 3 radical (unpaired) electrons. The van der Waals surface area contributed by atoms with Crippen LogP contribution in [0.25, 0.3) is 0 Å². The fourth-order valence-electron chi connectivity index (χ4n) is 0.321. The SMILES string of the molecule is [B]CCCC[CH2]. The van der Waals surface area contributed by atoms with Gasteiger partial charge in [0.15, 0.2) is 0 Å². The summed E-state index contributed by atoms with van der Waals surface area (Å²) < 4.78 is 0. The summed E-state index contributed by atoms with van der Waals surface area (Å²) in [5.74, 6) is 0. The second kappa shape index (κ2) is 5.06. The van der Waals surface area contributed by atoms with E-state index < -0.39 is 0 Å². The molecule has 33 valence electrons. The monoisotopic (exact) mass is 81.1 g/mol. The lowest BCUT2D eigenvalue weighted by atomic mass is 10.00. The Labute approximate surface area is 41.4 Å². The first-order chi connectivity index (χ1) is 2.91. The van der Waals surface area contributed by atoms with Crippen LogP contribution in [0, 0.1) is 6.92 Å². The Balaban J connectivity index is 2.34. The van der Waals surface area contributed by atoms with E-state index in [9.17, 15) is 0 Å². The molecule has 0 aliphatic heterocycles.